The van der Waals surface area contributed by atoms with Crippen molar-refractivity contribution in [3.8, 4) is 11.1 Å². The molecular weight excluding hydrogens is 376 g/mol. The van der Waals surface area contributed by atoms with E-state index in [4.69, 9.17) is 4.74 Å². The second-order valence-corrected chi connectivity index (χ2v) is 9.73. The average Bonchev–Trinajstić information content (AvgIpc) is 3.07. The first kappa shape index (κ1) is 23.5. The van der Waals surface area contributed by atoms with Gasteiger partial charge in [0, 0.05) is 12.5 Å². The zero-order valence-electron chi connectivity index (χ0n) is 19.9. The van der Waals surface area contributed by atoms with Gasteiger partial charge in [-0.2, -0.15) is 0 Å². The van der Waals surface area contributed by atoms with Crippen LogP contribution in [0.4, 0.5) is 0 Å². The lowest BCUT2D eigenvalue weighted by atomic mass is 9.88. The lowest BCUT2D eigenvalue weighted by Gasteiger charge is -2.19. The maximum atomic E-state index is 5.81. The Morgan fingerprint density at radius 3 is 2.13 bits per heavy atom. The molecule has 1 unspecified atom stereocenters. The highest BCUT2D eigenvalue weighted by atomic mass is 16.5. The summed E-state index contributed by atoms with van der Waals surface area (Å²) in [5, 5.41) is 0. The number of hydrogen-bond donors (Lipinski definition) is 0. The Hall–Kier alpha value is -2.12. The summed E-state index contributed by atoms with van der Waals surface area (Å²) in [6.07, 6.45) is 16.6. The van der Waals surface area contributed by atoms with E-state index in [2.05, 4.69) is 101 Å². The van der Waals surface area contributed by atoms with Crippen LogP contribution in [0.15, 0.2) is 72.8 Å². The molecule has 0 aliphatic heterocycles. The van der Waals surface area contributed by atoms with E-state index < -0.39 is 0 Å². The van der Waals surface area contributed by atoms with Gasteiger partial charge in [0.05, 0.1) is 5.60 Å². The van der Waals surface area contributed by atoms with Crippen molar-refractivity contribution in [2.75, 3.05) is 6.61 Å². The lowest BCUT2D eigenvalue weighted by molar-refractivity contribution is -0.00468. The Balaban J connectivity index is 1.49. The van der Waals surface area contributed by atoms with Gasteiger partial charge in [-0.15, -0.1) is 0 Å². The summed E-state index contributed by atoms with van der Waals surface area (Å²) >= 11 is 0. The second-order valence-electron chi connectivity index (χ2n) is 9.73. The summed E-state index contributed by atoms with van der Waals surface area (Å²) in [6.45, 7) is 9.38. The maximum absolute atomic E-state index is 5.81. The zero-order valence-corrected chi connectivity index (χ0v) is 19.9. The lowest BCUT2D eigenvalue weighted by Crippen LogP contribution is -2.19. The minimum absolute atomic E-state index is 0.0139. The monoisotopic (exact) mass is 416 g/mol. The van der Waals surface area contributed by atoms with Crippen LogP contribution in [0.5, 0.6) is 0 Å². The fraction of sp³-hybridized carbons (Fsp3) is 0.467. The van der Waals surface area contributed by atoms with E-state index in [9.17, 15) is 0 Å². The molecule has 1 atom stereocenters. The molecule has 31 heavy (non-hydrogen) atoms. The van der Waals surface area contributed by atoms with Gasteiger partial charge in [-0.05, 0) is 88.0 Å². The zero-order chi connectivity index (χ0) is 22.1. The van der Waals surface area contributed by atoms with Crippen molar-refractivity contribution in [1.29, 1.82) is 0 Å². The first-order valence-electron chi connectivity index (χ1n) is 12.1. The molecule has 1 aliphatic carbocycles. The van der Waals surface area contributed by atoms with Crippen LogP contribution in [0.25, 0.3) is 11.1 Å². The Labute approximate surface area is 190 Å². The molecule has 166 valence electrons. The Morgan fingerprint density at radius 1 is 0.871 bits per heavy atom. The SMILES string of the molecule is C/C=C\C(/C=C/CCCCCOC(C)(C)C)CCC1c2ccccc2-c2ccccc21. The number of allylic oxidation sites excluding steroid dienone is 4. The van der Waals surface area contributed by atoms with Crippen LogP contribution in [-0.2, 0) is 4.74 Å². The molecular formula is C30H40O. The number of unbranched alkanes of at least 4 members (excludes halogenated alkanes) is 3. The largest absolute Gasteiger partial charge is 0.376 e. The van der Waals surface area contributed by atoms with Crippen molar-refractivity contribution >= 4 is 0 Å². The average molecular weight is 417 g/mol. The molecule has 0 spiro atoms. The van der Waals surface area contributed by atoms with Crippen LogP contribution in [0.1, 0.15) is 83.3 Å². The topological polar surface area (TPSA) is 9.23 Å². The third-order valence-electron chi connectivity index (χ3n) is 6.12. The van der Waals surface area contributed by atoms with Gasteiger partial charge in [0.2, 0.25) is 0 Å². The second kappa shape index (κ2) is 11.5. The van der Waals surface area contributed by atoms with Crippen molar-refractivity contribution in [3.63, 3.8) is 0 Å². The van der Waals surface area contributed by atoms with Gasteiger partial charge in [-0.1, -0.05) is 79.3 Å². The molecule has 1 heteroatoms. The standard InChI is InChI=1S/C30H40O/c1-5-15-24(16-9-7-6-8-14-23-31-30(2,3)4)21-22-29-27-19-12-10-17-25(27)26-18-11-13-20-28(26)29/h5,9-13,15-20,24,29H,6-8,14,21-23H2,1-4H3/b15-5-,16-9+. The predicted octanol–water partition coefficient (Wildman–Crippen LogP) is 8.70. The van der Waals surface area contributed by atoms with Crippen molar-refractivity contribution in [3.05, 3.63) is 84.0 Å². The fourth-order valence-corrected chi connectivity index (χ4v) is 4.62. The van der Waals surface area contributed by atoms with E-state index in [1.807, 2.05) is 0 Å². The molecule has 0 fully saturated rings. The van der Waals surface area contributed by atoms with E-state index in [-0.39, 0.29) is 5.60 Å². The summed E-state index contributed by atoms with van der Waals surface area (Å²) in [5.74, 6) is 1.05. The minimum atomic E-state index is -0.0139. The molecule has 2 aromatic carbocycles. The highest BCUT2D eigenvalue weighted by molar-refractivity contribution is 5.78. The van der Waals surface area contributed by atoms with Gasteiger partial charge < -0.3 is 4.74 Å². The van der Waals surface area contributed by atoms with Crippen LogP contribution >= 0.6 is 0 Å². The van der Waals surface area contributed by atoms with Crippen LogP contribution in [0, 0.1) is 5.92 Å². The quantitative estimate of drug-likeness (QED) is 0.263. The molecule has 0 saturated carbocycles. The first-order valence-corrected chi connectivity index (χ1v) is 12.1. The van der Waals surface area contributed by atoms with E-state index >= 15 is 0 Å². The van der Waals surface area contributed by atoms with Gasteiger partial charge in [0.25, 0.3) is 0 Å². The molecule has 0 amide bonds. The molecule has 3 rings (SSSR count). The molecule has 0 bridgehead atoms. The number of fused-ring (bicyclic) bond motifs is 3. The van der Waals surface area contributed by atoms with Gasteiger partial charge >= 0.3 is 0 Å². The molecule has 0 N–H and O–H groups in total. The van der Waals surface area contributed by atoms with E-state index in [0.29, 0.717) is 11.8 Å². The van der Waals surface area contributed by atoms with Crippen LogP contribution in [-0.4, -0.2) is 12.2 Å². The van der Waals surface area contributed by atoms with Crippen LogP contribution < -0.4 is 0 Å². The molecule has 0 radical (unpaired) electrons. The van der Waals surface area contributed by atoms with Crippen molar-refractivity contribution in [2.24, 2.45) is 5.92 Å². The molecule has 1 aliphatic rings. The summed E-state index contributed by atoms with van der Waals surface area (Å²) < 4.78 is 5.81. The maximum Gasteiger partial charge on any atom is 0.0598 e. The van der Waals surface area contributed by atoms with E-state index in [1.54, 1.807) is 0 Å². The van der Waals surface area contributed by atoms with E-state index in [1.165, 1.54) is 54.4 Å². The van der Waals surface area contributed by atoms with Crippen molar-refractivity contribution in [2.45, 2.75) is 77.7 Å². The van der Waals surface area contributed by atoms with Crippen LogP contribution in [0.3, 0.4) is 0 Å². The highest BCUT2D eigenvalue weighted by Gasteiger charge is 2.27. The number of hydrogen-bond acceptors (Lipinski definition) is 1. The predicted molar refractivity (Wildman–Crippen MR) is 135 cm³/mol. The molecule has 1 nitrogen and oxygen atoms in total. The highest BCUT2D eigenvalue weighted by Crippen LogP contribution is 2.46. The Bertz CT molecular complexity index is 822. The van der Waals surface area contributed by atoms with Gasteiger partial charge in [-0.25, -0.2) is 0 Å². The summed E-state index contributed by atoms with van der Waals surface area (Å²) in [4.78, 5) is 0. The van der Waals surface area contributed by atoms with Gasteiger partial charge in [0.1, 0.15) is 0 Å². The smallest absolute Gasteiger partial charge is 0.0598 e. The molecule has 2 aromatic rings. The first-order chi connectivity index (χ1) is 15.0. The summed E-state index contributed by atoms with van der Waals surface area (Å²) in [6, 6.07) is 17.9. The number of ether oxygens (including phenoxy) is 1. The van der Waals surface area contributed by atoms with E-state index in [0.717, 1.165) is 13.0 Å². The third kappa shape index (κ3) is 6.94. The normalized spacial score (nSPS) is 15.0. The molecule has 0 aromatic heterocycles. The van der Waals surface area contributed by atoms with Gasteiger partial charge in [-0.3, -0.25) is 0 Å². The Morgan fingerprint density at radius 2 is 1.52 bits per heavy atom. The summed E-state index contributed by atoms with van der Waals surface area (Å²) in [5.41, 5.74) is 5.85. The summed E-state index contributed by atoms with van der Waals surface area (Å²) in [7, 11) is 0. The third-order valence-corrected chi connectivity index (χ3v) is 6.12. The number of benzene rings is 2. The van der Waals surface area contributed by atoms with Crippen LogP contribution in [0.2, 0.25) is 0 Å². The molecule has 0 saturated heterocycles. The van der Waals surface area contributed by atoms with Crippen molar-refractivity contribution in [1.82, 2.24) is 0 Å². The Kier molecular flexibility index (Phi) is 8.72. The minimum Gasteiger partial charge on any atom is -0.376 e. The number of rotatable bonds is 11. The van der Waals surface area contributed by atoms with Gasteiger partial charge in [0.15, 0.2) is 0 Å². The van der Waals surface area contributed by atoms with Crippen molar-refractivity contribution < 1.29 is 4.74 Å². The fourth-order valence-electron chi connectivity index (χ4n) is 4.62. The molecule has 0 heterocycles.